The summed E-state index contributed by atoms with van der Waals surface area (Å²) in [6.07, 6.45) is 2.58. The fourth-order valence-electron chi connectivity index (χ4n) is 2.03. The van der Waals surface area contributed by atoms with Crippen LogP contribution >= 0.6 is 12.4 Å². The number of hydrogen-bond donors (Lipinski definition) is 1. The Labute approximate surface area is 122 Å². The van der Waals surface area contributed by atoms with Gasteiger partial charge >= 0.3 is 0 Å². The van der Waals surface area contributed by atoms with E-state index in [1.54, 1.807) is 0 Å². The lowest BCUT2D eigenvalue weighted by Gasteiger charge is -2.27. The van der Waals surface area contributed by atoms with E-state index in [9.17, 15) is 16.8 Å². The lowest BCUT2D eigenvalue weighted by Crippen LogP contribution is -2.44. The van der Waals surface area contributed by atoms with Gasteiger partial charge in [0.2, 0.25) is 10.0 Å². The van der Waals surface area contributed by atoms with Crippen molar-refractivity contribution in [2.24, 2.45) is 0 Å². The van der Waals surface area contributed by atoms with Crippen molar-refractivity contribution < 1.29 is 16.8 Å². The Morgan fingerprint density at radius 2 is 1.84 bits per heavy atom. The predicted molar refractivity (Wildman–Crippen MR) is 79.0 cm³/mol. The molecule has 1 aliphatic rings. The van der Waals surface area contributed by atoms with Gasteiger partial charge in [0.15, 0.2) is 0 Å². The summed E-state index contributed by atoms with van der Waals surface area (Å²) in [5.41, 5.74) is 0. The highest BCUT2D eigenvalue weighted by atomic mass is 35.5. The molecule has 9 heteroatoms. The molecule has 19 heavy (non-hydrogen) atoms. The molecule has 0 aliphatic carbocycles. The zero-order valence-corrected chi connectivity index (χ0v) is 13.8. The maximum Gasteiger partial charge on any atom is 0.215 e. The minimum absolute atomic E-state index is 0. The number of halogens is 1. The third-order valence-corrected chi connectivity index (χ3v) is 6.07. The molecule has 1 unspecified atom stereocenters. The first-order chi connectivity index (χ1) is 8.26. The van der Waals surface area contributed by atoms with Crippen LogP contribution in [0.25, 0.3) is 0 Å². The number of nitrogens with one attached hydrogen (secondary N) is 1. The van der Waals surface area contributed by atoms with Crippen LogP contribution in [0.1, 0.15) is 19.8 Å². The van der Waals surface area contributed by atoms with Crippen LogP contribution in [0.2, 0.25) is 0 Å². The Kier molecular flexibility index (Phi) is 7.82. The monoisotopic (exact) mass is 334 g/mol. The number of rotatable bonds is 7. The van der Waals surface area contributed by atoms with E-state index in [0.717, 1.165) is 25.6 Å². The van der Waals surface area contributed by atoms with Gasteiger partial charge in [0.1, 0.15) is 9.84 Å². The van der Waals surface area contributed by atoms with Gasteiger partial charge in [-0.25, -0.2) is 16.8 Å². The first kappa shape index (κ1) is 19.1. The van der Waals surface area contributed by atoms with E-state index in [1.165, 1.54) is 4.31 Å². The zero-order valence-electron chi connectivity index (χ0n) is 11.3. The molecule has 1 saturated heterocycles. The van der Waals surface area contributed by atoms with E-state index in [2.05, 4.69) is 5.32 Å². The van der Waals surface area contributed by atoms with Crippen LogP contribution in [0.4, 0.5) is 0 Å². The van der Waals surface area contributed by atoms with Gasteiger partial charge in [-0.15, -0.1) is 12.4 Å². The molecule has 0 aromatic rings. The predicted octanol–water partition coefficient (Wildman–Crippen LogP) is -0.143. The Bertz CT molecular complexity index is 458. The molecule has 0 radical (unpaired) electrons. The average molecular weight is 335 g/mol. The van der Waals surface area contributed by atoms with Crippen molar-refractivity contribution in [3.05, 3.63) is 0 Å². The highest BCUT2D eigenvalue weighted by molar-refractivity contribution is 7.93. The van der Waals surface area contributed by atoms with Gasteiger partial charge in [0.05, 0.1) is 11.5 Å². The molecule has 1 rings (SSSR count). The Balaban J connectivity index is 0.00000324. The van der Waals surface area contributed by atoms with Crippen molar-refractivity contribution in [2.75, 3.05) is 37.4 Å². The third kappa shape index (κ3) is 6.40. The number of sulfone groups is 1. The fraction of sp³-hybridized carbons (Fsp3) is 1.00. The quantitative estimate of drug-likeness (QED) is 0.700. The smallest absolute Gasteiger partial charge is 0.215 e. The fourth-order valence-corrected chi connectivity index (χ4v) is 5.41. The van der Waals surface area contributed by atoms with Gasteiger partial charge in [-0.1, -0.05) is 6.92 Å². The van der Waals surface area contributed by atoms with E-state index in [-0.39, 0.29) is 30.0 Å². The molecule has 1 aliphatic heterocycles. The van der Waals surface area contributed by atoms with Crippen LogP contribution in [-0.2, 0) is 19.9 Å². The summed E-state index contributed by atoms with van der Waals surface area (Å²) < 4.78 is 48.0. The summed E-state index contributed by atoms with van der Waals surface area (Å²) >= 11 is 0. The van der Waals surface area contributed by atoms with Crippen molar-refractivity contribution in [1.29, 1.82) is 0 Å². The normalized spacial score (nSPS) is 20.5. The largest absolute Gasteiger partial charge is 0.315 e. The topological polar surface area (TPSA) is 83.6 Å². The summed E-state index contributed by atoms with van der Waals surface area (Å²) in [6.45, 7) is 3.84. The standard InChI is InChI=1S/C10H22N2O4S2.ClH/c1-3-6-12(10-4-5-11-9-10)18(15,16)8-7-17(2,13)14;/h10-11H,3-9H2,1-2H3;1H. The van der Waals surface area contributed by atoms with Crippen LogP contribution in [0.5, 0.6) is 0 Å². The molecule has 1 atom stereocenters. The van der Waals surface area contributed by atoms with Crippen LogP contribution in [0.15, 0.2) is 0 Å². The van der Waals surface area contributed by atoms with Gasteiger partial charge in [-0.3, -0.25) is 0 Å². The van der Waals surface area contributed by atoms with Gasteiger partial charge in [-0.05, 0) is 19.4 Å². The minimum Gasteiger partial charge on any atom is -0.315 e. The molecule has 0 spiro atoms. The number of hydrogen-bond acceptors (Lipinski definition) is 5. The molecule has 0 aromatic heterocycles. The van der Waals surface area contributed by atoms with E-state index >= 15 is 0 Å². The van der Waals surface area contributed by atoms with Crippen LogP contribution < -0.4 is 5.32 Å². The molecule has 1 fully saturated rings. The summed E-state index contributed by atoms with van der Waals surface area (Å²) in [5.74, 6) is -0.627. The Hall–Kier alpha value is 0.110. The molecular formula is C10H23ClN2O4S2. The molecular weight excluding hydrogens is 312 g/mol. The summed E-state index contributed by atoms with van der Waals surface area (Å²) in [4.78, 5) is 0. The lowest BCUT2D eigenvalue weighted by atomic mass is 10.2. The zero-order chi connectivity index (χ0) is 13.8. The first-order valence-electron chi connectivity index (χ1n) is 6.14. The highest BCUT2D eigenvalue weighted by Crippen LogP contribution is 2.15. The molecule has 1 N–H and O–H groups in total. The summed E-state index contributed by atoms with van der Waals surface area (Å²) in [6, 6.07) is -0.0329. The second-order valence-electron chi connectivity index (χ2n) is 4.70. The maximum absolute atomic E-state index is 12.2. The van der Waals surface area contributed by atoms with E-state index in [1.807, 2.05) is 6.92 Å². The molecule has 0 amide bonds. The van der Waals surface area contributed by atoms with E-state index in [0.29, 0.717) is 13.1 Å². The van der Waals surface area contributed by atoms with Gasteiger partial charge in [-0.2, -0.15) is 4.31 Å². The van der Waals surface area contributed by atoms with Crippen molar-refractivity contribution in [3.63, 3.8) is 0 Å². The molecule has 6 nitrogen and oxygen atoms in total. The third-order valence-electron chi connectivity index (χ3n) is 2.95. The minimum atomic E-state index is -3.49. The molecule has 0 aromatic carbocycles. The van der Waals surface area contributed by atoms with Gasteiger partial charge in [0, 0.05) is 25.4 Å². The molecule has 0 bridgehead atoms. The van der Waals surface area contributed by atoms with Crippen molar-refractivity contribution in [3.8, 4) is 0 Å². The summed E-state index contributed by atoms with van der Waals surface area (Å²) in [7, 11) is -6.74. The molecule has 0 saturated carbocycles. The SMILES string of the molecule is CCCN(C1CCNC1)S(=O)(=O)CCS(C)(=O)=O.Cl. The molecule has 1 heterocycles. The van der Waals surface area contributed by atoms with E-state index < -0.39 is 19.9 Å². The number of sulfonamides is 1. The second kappa shape index (κ2) is 7.78. The maximum atomic E-state index is 12.2. The lowest BCUT2D eigenvalue weighted by molar-refractivity contribution is 0.335. The highest BCUT2D eigenvalue weighted by Gasteiger charge is 2.31. The first-order valence-corrected chi connectivity index (χ1v) is 9.81. The average Bonchev–Trinajstić information content (AvgIpc) is 2.75. The Morgan fingerprint density at radius 3 is 2.26 bits per heavy atom. The van der Waals surface area contributed by atoms with Crippen molar-refractivity contribution in [1.82, 2.24) is 9.62 Å². The van der Waals surface area contributed by atoms with E-state index in [4.69, 9.17) is 0 Å². The summed E-state index contributed by atoms with van der Waals surface area (Å²) in [5, 5.41) is 3.13. The Morgan fingerprint density at radius 1 is 1.21 bits per heavy atom. The van der Waals surface area contributed by atoms with Crippen molar-refractivity contribution in [2.45, 2.75) is 25.8 Å². The van der Waals surface area contributed by atoms with Crippen LogP contribution in [0.3, 0.4) is 0 Å². The number of nitrogens with zero attached hydrogens (tertiary/aromatic N) is 1. The second-order valence-corrected chi connectivity index (χ2v) is 9.00. The molecule has 116 valence electrons. The van der Waals surface area contributed by atoms with Gasteiger partial charge < -0.3 is 5.32 Å². The van der Waals surface area contributed by atoms with Crippen LogP contribution in [-0.4, -0.2) is 64.6 Å². The van der Waals surface area contributed by atoms with Crippen molar-refractivity contribution >= 4 is 32.3 Å². The van der Waals surface area contributed by atoms with Crippen LogP contribution in [0, 0.1) is 0 Å². The van der Waals surface area contributed by atoms with Gasteiger partial charge in [0.25, 0.3) is 0 Å².